The largest absolute Gasteiger partial charge is 0.491 e. The van der Waals surface area contributed by atoms with Crippen LogP contribution in [0.2, 0.25) is 0 Å². The standard InChI is InChI=1S/C16H22N2O2/c1-4-14-6-5-7-16(9-14)20-11-15(19)10-18-13(3)8-12(2)17-18/h5-9,15,19H,4,10-11H2,1-3H3/t15-/m0/s1. The van der Waals surface area contributed by atoms with E-state index in [4.69, 9.17) is 4.74 Å². The molecule has 1 heterocycles. The number of hydrogen-bond acceptors (Lipinski definition) is 3. The summed E-state index contributed by atoms with van der Waals surface area (Å²) in [6, 6.07) is 9.96. The Morgan fingerprint density at radius 1 is 1.30 bits per heavy atom. The zero-order valence-corrected chi connectivity index (χ0v) is 12.3. The Kier molecular flexibility index (Phi) is 4.79. The van der Waals surface area contributed by atoms with Crippen LogP contribution in [0.5, 0.6) is 5.75 Å². The minimum absolute atomic E-state index is 0.269. The van der Waals surface area contributed by atoms with Gasteiger partial charge in [0.05, 0.1) is 12.2 Å². The van der Waals surface area contributed by atoms with Gasteiger partial charge in [-0.15, -0.1) is 0 Å². The molecule has 2 aromatic rings. The van der Waals surface area contributed by atoms with Crippen LogP contribution in [0.3, 0.4) is 0 Å². The van der Waals surface area contributed by atoms with E-state index in [0.29, 0.717) is 6.54 Å². The second-order valence-electron chi connectivity index (χ2n) is 5.07. The van der Waals surface area contributed by atoms with Crippen LogP contribution in [-0.2, 0) is 13.0 Å². The number of aryl methyl sites for hydroxylation is 3. The van der Waals surface area contributed by atoms with Gasteiger partial charge in [0, 0.05) is 5.69 Å². The van der Waals surface area contributed by atoms with Crippen molar-refractivity contribution in [1.29, 1.82) is 0 Å². The number of aliphatic hydroxyl groups is 1. The Balaban J connectivity index is 1.88. The Hall–Kier alpha value is -1.81. The fraction of sp³-hybridized carbons (Fsp3) is 0.438. The molecule has 1 N–H and O–H groups in total. The molecule has 0 bridgehead atoms. The van der Waals surface area contributed by atoms with E-state index in [1.54, 1.807) is 0 Å². The van der Waals surface area contributed by atoms with Gasteiger partial charge in [-0.25, -0.2) is 0 Å². The minimum Gasteiger partial charge on any atom is -0.491 e. The van der Waals surface area contributed by atoms with E-state index in [9.17, 15) is 5.11 Å². The lowest BCUT2D eigenvalue weighted by Crippen LogP contribution is -2.24. The van der Waals surface area contributed by atoms with E-state index in [2.05, 4.69) is 18.1 Å². The number of benzene rings is 1. The Morgan fingerprint density at radius 3 is 2.75 bits per heavy atom. The maximum atomic E-state index is 10.0. The summed E-state index contributed by atoms with van der Waals surface area (Å²) >= 11 is 0. The molecule has 1 aromatic carbocycles. The van der Waals surface area contributed by atoms with Crippen LogP contribution in [0.4, 0.5) is 0 Å². The highest BCUT2D eigenvalue weighted by molar-refractivity contribution is 5.28. The molecule has 0 radical (unpaired) electrons. The van der Waals surface area contributed by atoms with Crippen molar-refractivity contribution >= 4 is 0 Å². The minimum atomic E-state index is -0.571. The summed E-state index contributed by atoms with van der Waals surface area (Å²) in [7, 11) is 0. The Bertz CT molecular complexity index is 563. The van der Waals surface area contributed by atoms with E-state index in [1.807, 2.05) is 42.8 Å². The van der Waals surface area contributed by atoms with Gasteiger partial charge in [-0.3, -0.25) is 4.68 Å². The molecule has 0 aliphatic heterocycles. The van der Waals surface area contributed by atoms with E-state index in [-0.39, 0.29) is 6.61 Å². The first kappa shape index (κ1) is 14.6. The molecule has 0 saturated heterocycles. The van der Waals surface area contributed by atoms with Gasteiger partial charge in [0.2, 0.25) is 0 Å². The molecule has 1 atom stereocenters. The third-order valence-electron chi connectivity index (χ3n) is 3.24. The van der Waals surface area contributed by atoms with Crippen LogP contribution < -0.4 is 4.74 Å². The Labute approximate surface area is 120 Å². The van der Waals surface area contributed by atoms with Crippen molar-refractivity contribution in [3.63, 3.8) is 0 Å². The second kappa shape index (κ2) is 6.57. The smallest absolute Gasteiger partial charge is 0.119 e. The number of rotatable bonds is 6. The number of hydrogen-bond donors (Lipinski definition) is 1. The van der Waals surface area contributed by atoms with E-state index in [1.165, 1.54) is 5.56 Å². The zero-order chi connectivity index (χ0) is 14.5. The molecule has 0 aliphatic carbocycles. The highest BCUT2D eigenvalue weighted by Gasteiger charge is 2.09. The molecule has 2 rings (SSSR count). The lowest BCUT2D eigenvalue weighted by Gasteiger charge is -2.14. The first-order chi connectivity index (χ1) is 9.58. The lowest BCUT2D eigenvalue weighted by molar-refractivity contribution is 0.0887. The third-order valence-corrected chi connectivity index (χ3v) is 3.24. The molecule has 0 saturated carbocycles. The number of ether oxygens (including phenoxy) is 1. The van der Waals surface area contributed by atoms with E-state index in [0.717, 1.165) is 23.6 Å². The van der Waals surface area contributed by atoms with Crippen LogP contribution in [0.15, 0.2) is 30.3 Å². The third kappa shape index (κ3) is 3.84. The van der Waals surface area contributed by atoms with Crippen molar-refractivity contribution in [2.24, 2.45) is 0 Å². The summed E-state index contributed by atoms with van der Waals surface area (Å²) in [5.74, 6) is 0.803. The molecule has 0 aliphatic rings. The summed E-state index contributed by atoms with van der Waals surface area (Å²) in [6.45, 7) is 6.76. The van der Waals surface area contributed by atoms with E-state index < -0.39 is 6.10 Å². The van der Waals surface area contributed by atoms with Crippen LogP contribution in [0.1, 0.15) is 23.9 Å². The Morgan fingerprint density at radius 2 is 2.10 bits per heavy atom. The van der Waals surface area contributed by atoms with Crippen molar-refractivity contribution in [3.05, 3.63) is 47.3 Å². The maximum Gasteiger partial charge on any atom is 0.119 e. The van der Waals surface area contributed by atoms with Gasteiger partial charge in [-0.1, -0.05) is 19.1 Å². The molecule has 4 nitrogen and oxygen atoms in total. The van der Waals surface area contributed by atoms with Crippen molar-refractivity contribution < 1.29 is 9.84 Å². The van der Waals surface area contributed by atoms with Crippen LogP contribution in [-0.4, -0.2) is 27.6 Å². The SMILES string of the molecule is CCc1cccc(OC[C@@H](O)Cn2nc(C)cc2C)c1. The zero-order valence-electron chi connectivity index (χ0n) is 12.3. The molecule has 0 amide bonds. The molecule has 4 heteroatoms. The monoisotopic (exact) mass is 274 g/mol. The topological polar surface area (TPSA) is 47.3 Å². The van der Waals surface area contributed by atoms with E-state index >= 15 is 0 Å². The first-order valence-electron chi connectivity index (χ1n) is 6.99. The summed E-state index contributed by atoms with van der Waals surface area (Å²) in [6.07, 6.45) is 0.407. The fourth-order valence-electron chi connectivity index (χ4n) is 2.16. The fourth-order valence-corrected chi connectivity index (χ4v) is 2.16. The average Bonchev–Trinajstić information content (AvgIpc) is 2.75. The van der Waals surface area contributed by atoms with Gasteiger partial charge >= 0.3 is 0 Å². The first-order valence-corrected chi connectivity index (χ1v) is 6.99. The molecular weight excluding hydrogens is 252 g/mol. The lowest BCUT2D eigenvalue weighted by atomic mass is 10.2. The molecule has 108 valence electrons. The van der Waals surface area contributed by atoms with Crippen LogP contribution in [0.25, 0.3) is 0 Å². The number of aliphatic hydroxyl groups excluding tert-OH is 1. The molecule has 0 fully saturated rings. The molecule has 20 heavy (non-hydrogen) atoms. The van der Waals surface area contributed by atoms with Crippen molar-refractivity contribution in [2.75, 3.05) is 6.61 Å². The van der Waals surface area contributed by atoms with Crippen molar-refractivity contribution in [1.82, 2.24) is 9.78 Å². The summed E-state index contributed by atoms with van der Waals surface area (Å²) in [5, 5.41) is 14.4. The molecule has 0 unspecified atom stereocenters. The molecular formula is C16H22N2O2. The normalized spacial score (nSPS) is 12.4. The summed E-state index contributed by atoms with van der Waals surface area (Å²) < 4.78 is 7.45. The van der Waals surface area contributed by atoms with Gasteiger partial charge in [-0.05, 0) is 44.0 Å². The summed E-state index contributed by atoms with van der Waals surface area (Å²) in [4.78, 5) is 0. The number of nitrogens with zero attached hydrogens (tertiary/aromatic N) is 2. The predicted octanol–water partition coefficient (Wildman–Crippen LogP) is 2.50. The highest BCUT2D eigenvalue weighted by Crippen LogP contribution is 2.14. The van der Waals surface area contributed by atoms with Crippen LogP contribution in [0, 0.1) is 13.8 Å². The second-order valence-corrected chi connectivity index (χ2v) is 5.07. The van der Waals surface area contributed by atoms with Gasteiger partial charge in [0.25, 0.3) is 0 Å². The van der Waals surface area contributed by atoms with Crippen molar-refractivity contribution in [2.45, 2.75) is 39.8 Å². The summed E-state index contributed by atoms with van der Waals surface area (Å²) in [5.41, 5.74) is 3.25. The quantitative estimate of drug-likeness (QED) is 0.880. The van der Waals surface area contributed by atoms with Crippen molar-refractivity contribution in [3.8, 4) is 5.75 Å². The average molecular weight is 274 g/mol. The van der Waals surface area contributed by atoms with Gasteiger partial charge in [-0.2, -0.15) is 5.10 Å². The molecule has 0 spiro atoms. The van der Waals surface area contributed by atoms with Gasteiger partial charge in [0.1, 0.15) is 18.5 Å². The van der Waals surface area contributed by atoms with Crippen LogP contribution >= 0.6 is 0 Å². The van der Waals surface area contributed by atoms with Gasteiger partial charge < -0.3 is 9.84 Å². The predicted molar refractivity (Wildman–Crippen MR) is 79.0 cm³/mol. The van der Waals surface area contributed by atoms with Gasteiger partial charge in [0.15, 0.2) is 0 Å². The highest BCUT2D eigenvalue weighted by atomic mass is 16.5. The number of aromatic nitrogens is 2. The maximum absolute atomic E-state index is 10.0. The molecule has 1 aromatic heterocycles.